The fourth-order valence-corrected chi connectivity index (χ4v) is 5.23. The normalized spacial score (nSPS) is 19.0. The molecule has 1 N–H and O–H groups in total. The molecular weight excluding hydrogens is 465 g/mol. The van der Waals surface area contributed by atoms with Gasteiger partial charge in [-0.3, -0.25) is 4.79 Å². The van der Waals surface area contributed by atoms with Gasteiger partial charge >= 0.3 is 0 Å². The maximum atomic E-state index is 13.2. The lowest BCUT2D eigenvalue weighted by molar-refractivity contribution is 0.0996. The van der Waals surface area contributed by atoms with E-state index in [2.05, 4.69) is 68.9 Å². The second kappa shape index (κ2) is 11.0. The van der Waals surface area contributed by atoms with Gasteiger partial charge in [0.1, 0.15) is 12.7 Å². The topological polar surface area (TPSA) is 63.1 Å². The molecule has 8 heteroatoms. The molecule has 5 rings (SSSR count). The van der Waals surface area contributed by atoms with Gasteiger partial charge in [-0.25, -0.2) is 0 Å². The minimum absolute atomic E-state index is 0.102. The SMILES string of the molecule is CC(C)CNCc1cc(P)c2c(c1)C(=O)N(c1cccc(C3CC(Cl)C3)c1)C2.Cn1cnnc1. The molecule has 1 aromatic heterocycles. The van der Waals surface area contributed by atoms with Crippen molar-refractivity contribution in [2.24, 2.45) is 13.0 Å². The Hall–Kier alpha value is -2.27. The molecule has 1 unspecified atom stereocenters. The highest BCUT2D eigenvalue weighted by Crippen LogP contribution is 2.41. The van der Waals surface area contributed by atoms with Crippen LogP contribution in [0, 0.1) is 5.92 Å². The molecular formula is C26H33ClN5OP. The number of benzene rings is 2. The van der Waals surface area contributed by atoms with Gasteiger partial charge in [0.2, 0.25) is 0 Å². The maximum Gasteiger partial charge on any atom is 0.258 e. The number of hydrogen-bond donors (Lipinski definition) is 1. The second-order valence-corrected chi connectivity index (χ2v) is 10.9. The standard InChI is InChI=1S/C23H28ClN2OP.C3H5N3/c1-14(2)11-25-12-15-6-20-21(22(28)7-15)13-26(23(20)27)19-5-3-4-16(10-19)17-8-18(24)9-17;1-6-2-4-5-3-6/h3-7,10,14,17-18,25H,8-9,11-13,28H2,1-2H3;2-3H,1H3. The van der Waals surface area contributed by atoms with Crippen LogP contribution >= 0.6 is 20.8 Å². The van der Waals surface area contributed by atoms with E-state index >= 15 is 0 Å². The average molecular weight is 498 g/mol. The lowest BCUT2D eigenvalue weighted by Gasteiger charge is -2.32. The zero-order valence-corrected chi connectivity index (χ0v) is 21.9. The monoisotopic (exact) mass is 497 g/mol. The molecule has 0 radical (unpaired) electrons. The van der Waals surface area contributed by atoms with Crippen molar-refractivity contribution in [1.82, 2.24) is 20.1 Å². The van der Waals surface area contributed by atoms with Crippen molar-refractivity contribution in [3.8, 4) is 0 Å². The summed E-state index contributed by atoms with van der Waals surface area (Å²) < 4.78 is 1.78. The largest absolute Gasteiger partial charge is 0.323 e. The van der Waals surface area contributed by atoms with Crippen molar-refractivity contribution in [2.45, 2.75) is 51.1 Å². The number of hydrogen-bond acceptors (Lipinski definition) is 4. The predicted octanol–water partition coefficient (Wildman–Crippen LogP) is 4.39. The molecule has 2 heterocycles. The van der Waals surface area contributed by atoms with Crippen LogP contribution in [0.3, 0.4) is 0 Å². The van der Waals surface area contributed by atoms with Gasteiger partial charge in [0.25, 0.3) is 5.91 Å². The van der Waals surface area contributed by atoms with Crippen molar-refractivity contribution in [1.29, 1.82) is 0 Å². The van der Waals surface area contributed by atoms with Gasteiger partial charge in [-0.1, -0.05) is 32.0 Å². The lowest BCUT2D eigenvalue weighted by Crippen LogP contribution is -2.25. The number of alkyl halides is 1. The van der Waals surface area contributed by atoms with E-state index in [0.29, 0.717) is 23.8 Å². The Morgan fingerprint density at radius 2 is 1.91 bits per heavy atom. The number of anilines is 1. The molecule has 2 aromatic carbocycles. The van der Waals surface area contributed by atoms with Crippen molar-refractivity contribution in [3.63, 3.8) is 0 Å². The van der Waals surface area contributed by atoms with Crippen LogP contribution in [0.1, 0.15) is 59.7 Å². The highest BCUT2D eigenvalue weighted by molar-refractivity contribution is 7.27. The van der Waals surface area contributed by atoms with Gasteiger partial charge in [0.05, 0.1) is 6.54 Å². The first kappa shape index (κ1) is 24.8. The van der Waals surface area contributed by atoms with Gasteiger partial charge in [0.15, 0.2) is 0 Å². The van der Waals surface area contributed by atoms with Crippen molar-refractivity contribution in [3.05, 3.63) is 71.3 Å². The van der Waals surface area contributed by atoms with Gasteiger partial charge in [-0.05, 0) is 71.4 Å². The van der Waals surface area contributed by atoms with Crippen LogP contribution < -0.4 is 15.5 Å². The number of carbonyl (C=O) groups is 1. The van der Waals surface area contributed by atoms with Crippen LogP contribution in [0.15, 0.2) is 49.1 Å². The van der Waals surface area contributed by atoms with Crippen molar-refractivity contribution in [2.75, 3.05) is 11.4 Å². The quantitative estimate of drug-likeness (QED) is 0.405. The molecule has 0 bridgehead atoms. The fourth-order valence-electron chi connectivity index (χ4n) is 4.33. The van der Waals surface area contributed by atoms with Crippen molar-refractivity contribution >= 4 is 37.7 Å². The number of nitrogens with zero attached hydrogens (tertiary/aromatic N) is 4. The summed E-state index contributed by atoms with van der Waals surface area (Å²) in [4.78, 5) is 15.1. The highest BCUT2D eigenvalue weighted by atomic mass is 35.5. The Bertz CT molecular complexity index is 1130. The molecule has 1 amide bonds. The molecule has 2 aliphatic rings. The molecule has 3 aromatic rings. The Kier molecular flexibility index (Phi) is 8.02. The summed E-state index contributed by atoms with van der Waals surface area (Å²) in [7, 11) is 4.69. The number of halogens is 1. The number of rotatable bonds is 6. The number of fused-ring (bicyclic) bond motifs is 1. The molecule has 1 aliphatic carbocycles. The summed E-state index contributed by atoms with van der Waals surface area (Å²) in [5, 5.41) is 12.0. The third-order valence-corrected chi connectivity index (χ3v) is 7.16. The van der Waals surface area contributed by atoms with E-state index in [-0.39, 0.29) is 5.91 Å². The molecule has 0 saturated heterocycles. The van der Waals surface area contributed by atoms with E-state index in [9.17, 15) is 4.79 Å². The van der Waals surface area contributed by atoms with Crippen LogP contribution in [-0.2, 0) is 20.1 Å². The van der Waals surface area contributed by atoms with Crippen LogP contribution in [0.4, 0.5) is 5.69 Å². The van der Waals surface area contributed by atoms with E-state index in [4.69, 9.17) is 11.6 Å². The van der Waals surface area contributed by atoms with Crippen LogP contribution in [0.2, 0.25) is 0 Å². The zero-order chi connectivity index (χ0) is 24.2. The first-order valence-electron chi connectivity index (χ1n) is 11.8. The van der Waals surface area contributed by atoms with E-state index in [1.807, 2.05) is 18.0 Å². The first-order chi connectivity index (χ1) is 16.3. The van der Waals surface area contributed by atoms with Gasteiger partial charge in [0, 0.05) is 30.2 Å². The van der Waals surface area contributed by atoms with Gasteiger partial charge in [-0.2, -0.15) is 0 Å². The number of amides is 1. The van der Waals surface area contributed by atoms with Crippen LogP contribution in [0.25, 0.3) is 0 Å². The molecule has 1 saturated carbocycles. The first-order valence-corrected chi connectivity index (χ1v) is 12.8. The zero-order valence-electron chi connectivity index (χ0n) is 20.0. The lowest BCUT2D eigenvalue weighted by atomic mass is 9.79. The number of aryl methyl sites for hydroxylation is 1. The minimum atomic E-state index is 0.102. The summed E-state index contributed by atoms with van der Waals surface area (Å²) in [5.74, 6) is 1.24. The average Bonchev–Trinajstić information content (AvgIpc) is 3.39. The summed E-state index contributed by atoms with van der Waals surface area (Å²) in [6.07, 6.45) is 5.34. The molecule has 180 valence electrons. The Morgan fingerprint density at radius 1 is 1.18 bits per heavy atom. The van der Waals surface area contributed by atoms with Gasteiger partial charge in [-0.15, -0.1) is 31.0 Å². The summed E-state index contributed by atoms with van der Waals surface area (Å²) in [5.41, 5.74) is 5.40. The predicted molar refractivity (Wildman–Crippen MR) is 142 cm³/mol. The molecule has 0 spiro atoms. The van der Waals surface area contributed by atoms with E-state index in [0.717, 1.165) is 53.6 Å². The molecule has 34 heavy (non-hydrogen) atoms. The highest BCUT2D eigenvalue weighted by Gasteiger charge is 2.32. The fraction of sp³-hybridized carbons (Fsp3) is 0.423. The van der Waals surface area contributed by atoms with Crippen LogP contribution in [0.5, 0.6) is 0 Å². The number of carbonyl (C=O) groups excluding carboxylic acids is 1. The summed E-state index contributed by atoms with van der Waals surface area (Å²) in [6.45, 7) is 6.79. The van der Waals surface area contributed by atoms with E-state index in [1.165, 1.54) is 5.56 Å². The third kappa shape index (κ3) is 5.86. The molecule has 1 atom stereocenters. The molecule has 6 nitrogen and oxygen atoms in total. The van der Waals surface area contributed by atoms with E-state index < -0.39 is 0 Å². The second-order valence-electron chi connectivity index (χ2n) is 9.62. The molecule has 1 fully saturated rings. The minimum Gasteiger partial charge on any atom is -0.323 e. The van der Waals surface area contributed by atoms with Gasteiger partial charge < -0.3 is 14.8 Å². The van der Waals surface area contributed by atoms with E-state index in [1.54, 1.807) is 17.2 Å². The summed E-state index contributed by atoms with van der Waals surface area (Å²) in [6, 6.07) is 12.7. The van der Waals surface area contributed by atoms with Crippen LogP contribution in [-0.4, -0.2) is 32.6 Å². The third-order valence-electron chi connectivity index (χ3n) is 6.29. The number of aromatic nitrogens is 3. The Morgan fingerprint density at radius 3 is 2.53 bits per heavy atom. The Labute approximate surface area is 209 Å². The maximum absolute atomic E-state index is 13.2. The van der Waals surface area contributed by atoms with Crippen molar-refractivity contribution < 1.29 is 4.79 Å². The molecule has 1 aliphatic heterocycles. The smallest absolute Gasteiger partial charge is 0.258 e. The summed E-state index contributed by atoms with van der Waals surface area (Å²) >= 11 is 6.16. The number of nitrogens with one attached hydrogen (secondary N) is 1. The Balaban J connectivity index is 0.000000398.